The Morgan fingerprint density at radius 1 is 1.06 bits per heavy atom. The van der Waals surface area contributed by atoms with Crippen molar-refractivity contribution in [3.05, 3.63) is 28.7 Å². The van der Waals surface area contributed by atoms with Crippen molar-refractivity contribution in [3.63, 3.8) is 0 Å². The van der Waals surface area contributed by atoms with Gasteiger partial charge in [0.1, 0.15) is 6.04 Å². The molecule has 8 nitrogen and oxygen atoms in total. The molecule has 1 N–H and O–H groups in total. The smallest absolute Gasteiger partial charge is 0.242 e. The van der Waals surface area contributed by atoms with Crippen molar-refractivity contribution in [2.24, 2.45) is 0 Å². The van der Waals surface area contributed by atoms with Crippen LogP contribution in [0.3, 0.4) is 0 Å². The maximum atomic E-state index is 13.1. The number of hydrogen-bond acceptors (Lipinski definition) is 5. The fourth-order valence-corrected chi connectivity index (χ4v) is 6.79. The van der Waals surface area contributed by atoms with Crippen LogP contribution in [0.15, 0.2) is 33.6 Å². The minimum absolute atomic E-state index is 0.0183. The molecule has 3 fully saturated rings. The normalized spacial score (nSPS) is 25.0. The Morgan fingerprint density at radius 3 is 2.56 bits per heavy atom. The van der Waals surface area contributed by atoms with Crippen LogP contribution in [0.1, 0.15) is 38.5 Å². The van der Waals surface area contributed by atoms with Crippen LogP contribution in [-0.4, -0.2) is 86.3 Å². The summed E-state index contributed by atoms with van der Waals surface area (Å²) in [5.74, 6) is -0.353. The van der Waals surface area contributed by atoms with Crippen LogP contribution in [0.5, 0.6) is 0 Å². The highest BCUT2D eigenvalue weighted by atomic mass is 79.9. The van der Waals surface area contributed by atoms with Gasteiger partial charge in [0.25, 0.3) is 0 Å². The molecular weight excluding hydrogens is 496 g/mol. The van der Waals surface area contributed by atoms with Crippen molar-refractivity contribution in [1.82, 2.24) is 19.4 Å². The molecule has 32 heavy (non-hydrogen) atoms. The Kier molecular flexibility index (Phi) is 7.54. The Morgan fingerprint density at radius 2 is 1.81 bits per heavy atom. The zero-order valence-electron chi connectivity index (χ0n) is 18.2. The fourth-order valence-electron chi connectivity index (χ4n) is 4.97. The molecule has 3 heterocycles. The lowest BCUT2D eigenvalue weighted by atomic mass is 10.1. The van der Waals surface area contributed by atoms with E-state index in [2.05, 4.69) is 25.6 Å². The van der Waals surface area contributed by atoms with E-state index in [9.17, 15) is 18.0 Å². The molecular formula is C22H31BrN4O4S. The van der Waals surface area contributed by atoms with Crippen LogP contribution >= 0.6 is 15.9 Å². The zero-order valence-corrected chi connectivity index (χ0v) is 20.6. The maximum Gasteiger partial charge on any atom is 0.242 e. The minimum atomic E-state index is -3.83. The number of amides is 2. The van der Waals surface area contributed by atoms with E-state index >= 15 is 0 Å². The second kappa shape index (κ2) is 10.2. The molecule has 3 aliphatic rings. The lowest BCUT2D eigenvalue weighted by Crippen LogP contribution is -2.55. The molecule has 10 heteroatoms. The van der Waals surface area contributed by atoms with E-state index in [4.69, 9.17) is 0 Å². The van der Waals surface area contributed by atoms with E-state index in [0.717, 1.165) is 39.0 Å². The van der Waals surface area contributed by atoms with Crippen LogP contribution in [-0.2, 0) is 19.6 Å². The first-order valence-electron chi connectivity index (χ1n) is 11.4. The van der Waals surface area contributed by atoms with Crippen LogP contribution in [0.2, 0.25) is 0 Å². The van der Waals surface area contributed by atoms with Gasteiger partial charge < -0.3 is 14.7 Å². The van der Waals surface area contributed by atoms with Crippen molar-refractivity contribution >= 4 is 37.8 Å². The highest BCUT2D eigenvalue weighted by Crippen LogP contribution is 2.22. The molecule has 2 amide bonds. The first kappa shape index (κ1) is 23.7. The van der Waals surface area contributed by atoms with Crippen LogP contribution in [0.25, 0.3) is 0 Å². The average Bonchev–Trinajstić information content (AvgIpc) is 3.43. The number of halogens is 1. The van der Waals surface area contributed by atoms with Gasteiger partial charge in [-0.3, -0.25) is 9.59 Å². The number of carbonyl (C=O) groups excluding carboxylic acids is 2. The average molecular weight is 527 g/mol. The number of piperidine rings is 1. The number of nitrogens with one attached hydrogen (secondary N) is 1. The van der Waals surface area contributed by atoms with Crippen molar-refractivity contribution in [2.45, 2.75) is 55.5 Å². The molecule has 0 aromatic heterocycles. The highest BCUT2D eigenvalue weighted by Gasteiger charge is 2.36. The number of carbonyl (C=O) groups is 2. The lowest BCUT2D eigenvalue weighted by molar-refractivity contribution is -0.143. The molecule has 3 saturated heterocycles. The third kappa shape index (κ3) is 5.52. The predicted octanol–water partition coefficient (Wildman–Crippen LogP) is 1.81. The van der Waals surface area contributed by atoms with Crippen molar-refractivity contribution in [1.29, 1.82) is 0 Å². The summed E-state index contributed by atoms with van der Waals surface area (Å²) in [5, 5.41) is 0. The molecule has 0 radical (unpaired) electrons. The third-order valence-electron chi connectivity index (χ3n) is 6.63. The molecule has 0 saturated carbocycles. The third-order valence-corrected chi connectivity index (χ3v) is 8.59. The lowest BCUT2D eigenvalue weighted by Gasteiger charge is -2.34. The highest BCUT2D eigenvalue weighted by molar-refractivity contribution is 9.10. The Bertz CT molecular complexity index is 951. The summed E-state index contributed by atoms with van der Waals surface area (Å²) in [6, 6.07) is 5.75. The first-order valence-corrected chi connectivity index (χ1v) is 13.7. The summed E-state index contributed by atoms with van der Waals surface area (Å²) in [4.78, 5) is 32.1. The monoisotopic (exact) mass is 526 g/mol. The van der Waals surface area contributed by atoms with E-state index in [0.29, 0.717) is 23.9 Å². The van der Waals surface area contributed by atoms with Crippen LogP contribution < -0.4 is 4.72 Å². The largest absolute Gasteiger partial charge is 0.337 e. The van der Waals surface area contributed by atoms with E-state index in [-0.39, 0.29) is 29.3 Å². The molecule has 0 bridgehead atoms. The Labute approximate surface area is 198 Å². The van der Waals surface area contributed by atoms with Gasteiger partial charge in [0, 0.05) is 30.1 Å². The fraction of sp³-hybridized carbons (Fsp3) is 0.636. The summed E-state index contributed by atoms with van der Waals surface area (Å²) in [6.45, 7) is 4.34. The van der Waals surface area contributed by atoms with Gasteiger partial charge in [-0.1, -0.05) is 22.0 Å². The van der Waals surface area contributed by atoms with Gasteiger partial charge in [-0.2, -0.15) is 4.72 Å². The van der Waals surface area contributed by atoms with Crippen molar-refractivity contribution in [2.75, 3.05) is 39.3 Å². The minimum Gasteiger partial charge on any atom is -0.337 e. The van der Waals surface area contributed by atoms with Gasteiger partial charge >= 0.3 is 0 Å². The topological polar surface area (TPSA) is 90.0 Å². The standard InChI is InChI=1S/C22H31BrN4O4S/c23-17-6-3-8-19(14-17)32(30,31)24-20-9-5-12-26(22(20)29)16-21(28)27-13-4-7-18(27)15-25-10-1-2-11-25/h3,6,8,14,18,20,24H,1-2,4-5,7,9-13,15-16H2. The van der Waals surface area contributed by atoms with Crippen molar-refractivity contribution in [3.8, 4) is 0 Å². The number of sulfonamides is 1. The molecule has 4 rings (SSSR count). The van der Waals surface area contributed by atoms with Gasteiger partial charge in [0.15, 0.2) is 0 Å². The van der Waals surface area contributed by atoms with E-state index < -0.39 is 16.1 Å². The van der Waals surface area contributed by atoms with Crippen LogP contribution in [0.4, 0.5) is 0 Å². The Hall–Kier alpha value is -1.49. The summed E-state index contributed by atoms with van der Waals surface area (Å²) in [5.41, 5.74) is 0. The second-order valence-electron chi connectivity index (χ2n) is 8.92. The second-order valence-corrected chi connectivity index (χ2v) is 11.6. The zero-order chi connectivity index (χ0) is 22.7. The number of benzene rings is 1. The quantitative estimate of drug-likeness (QED) is 0.585. The van der Waals surface area contributed by atoms with Crippen LogP contribution in [0, 0.1) is 0 Å². The molecule has 0 aliphatic carbocycles. The molecule has 1 aromatic carbocycles. The molecule has 2 atom stereocenters. The number of nitrogens with zero attached hydrogens (tertiary/aromatic N) is 3. The first-order chi connectivity index (χ1) is 15.3. The molecule has 0 spiro atoms. The SMILES string of the molecule is O=C1C(NS(=O)(=O)c2cccc(Br)c2)CCCN1CC(=O)N1CCCC1CN1CCCC1. The summed E-state index contributed by atoms with van der Waals surface area (Å²) < 4.78 is 28.7. The predicted molar refractivity (Wildman–Crippen MR) is 124 cm³/mol. The van der Waals surface area contributed by atoms with Gasteiger partial charge in [-0.05, 0) is 69.8 Å². The molecule has 1 aromatic rings. The molecule has 3 aliphatic heterocycles. The maximum absolute atomic E-state index is 13.1. The Balaban J connectivity index is 1.37. The van der Waals surface area contributed by atoms with Gasteiger partial charge in [-0.15, -0.1) is 0 Å². The number of rotatable bonds is 7. The van der Waals surface area contributed by atoms with E-state index in [1.165, 1.54) is 29.9 Å². The van der Waals surface area contributed by atoms with E-state index in [1.54, 1.807) is 12.1 Å². The summed E-state index contributed by atoms with van der Waals surface area (Å²) in [7, 11) is -3.83. The number of likely N-dealkylation sites (tertiary alicyclic amines) is 3. The number of hydrogen-bond donors (Lipinski definition) is 1. The van der Waals surface area contributed by atoms with Gasteiger partial charge in [0.2, 0.25) is 21.8 Å². The van der Waals surface area contributed by atoms with E-state index in [1.807, 2.05) is 4.90 Å². The van der Waals surface area contributed by atoms with Gasteiger partial charge in [0.05, 0.1) is 11.4 Å². The summed E-state index contributed by atoms with van der Waals surface area (Å²) in [6.07, 6.45) is 5.53. The molecule has 2 unspecified atom stereocenters. The van der Waals surface area contributed by atoms with Crippen molar-refractivity contribution < 1.29 is 18.0 Å². The molecule has 176 valence electrons. The summed E-state index contributed by atoms with van der Waals surface area (Å²) >= 11 is 3.28. The van der Waals surface area contributed by atoms with Gasteiger partial charge in [-0.25, -0.2) is 8.42 Å².